The second-order valence-corrected chi connectivity index (χ2v) is 6.65. The van der Waals surface area contributed by atoms with Crippen LogP contribution in [0.25, 0.3) is 0 Å². The molecule has 106 valence electrons. The highest BCUT2D eigenvalue weighted by Crippen LogP contribution is 2.17. The summed E-state index contributed by atoms with van der Waals surface area (Å²) in [6.07, 6.45) is 4.36. The van der Waals surface area contributed by atoms with Gasteiger partial charge < -0.3 is 0 Å². The van der Waals surface area contributed by atoms with Crippen LogP contribution >= 0.6 is 11.6 Å². The molecule has 0 radical (unpaired) electrons. The molecular formula is C13H14ClN3O2S. The first-order chi connectivity index (χ1) is 9.47. The first-order valence-corrected chi connectivity index (χ1v) is 8.14. The van der Waals surface area contributed by atoms with E-state index < -0.39 is 10.0 Å². The first kappa shape index (κ1) is 14.9. The molecule has 0 aliphatic rings. The van der Waals surface area contributed by atoms with Crippen molar-refractivity contribution >= 4 is 21.6 Å². The number of rotatable bonds is 5. The van der Waals surface area contributed by atoms with Crippen LogP contribution in [0.3, 0.4) is 0 Å². The molecule has 0 aromatic carbocycles. The summed E-state index contributed by atoms with van der Waals surface area (Å²) in [6.45, 7) is 0.368. The van der Waals surface area contributed by atoms with E-state index in [0.29, 0.717) is 16.4 Å². The van der Waals surface area contributed by atoms with Gasteiger partial charge in [0.1, 0.15) is 5.15 Å². The Hall–Kier alpha value is -1.50. The highest BCUT2D eigenvalue weighted by Gasteiger charge is 2.19. The van der Waals surface area contributed by atoms with Crippen molar-refractivity contribution in [1.29, 1.82) is 0 Å². The fraction of sp³-hybridized carbons (Fsp3) is 0.231. The number of hydrogen-bond acceptors (Lipinski definition) is 4. The van der Waals surface area contributed by atoms with Crippen LogP contribution in [-0.2, 0) is 23.1 Å². The molecule has 0 N–H and O–H groups in total. The smallest absolute Gasteiger partial charge is 0.211 e. The standard InChI is InChI=1S/C13H14ClN3O2S/c1-20(18,19)17(10-12-6-2-3-7-15-12)9-11-5-4-8-16-13(11)14/h2-8H,9-10H2,1H3. The van der Waals surface area contributed by atoms with Gasteiger partial charge in [-0.2, -0.15) is 4.31 Å². The maximum atomic E-state index is 11.9. The van der Waals surface area contributed by atoms with Crippen molar-refractivity contribution in [3.8, 4) is 0 Å². The molecule has 2 aromatic heterocycles. The summed E-state index contributed by atoms with van der Waals surface area (Å²) in [5, 5.41) is 0.308. The molecule has 0 aliphatic heterocycles. The molecule has 2 heterocycles. The van der Waals surface area contributed by atoms with Crippen LogP contribution in [0, 0.1) is 0 Å². The molecular weight excluding hydrogens is 298 g/mol. The van der Waals surface area contributed by atoms with Gasteiger partial charge in [-0.05, 0) is 18.2 Å². The third-order valence-electron chi connectivity index (χ3n) is 2.72. The number of pyridine rings is 2. The van der Waals surface area contributed by atoms with Gasteiger partial charge in [0.25, 0.3) is 0 Å². The molecule has 0 amide bonds. The average molecular weight is 312 g/mol. The minimum Gasteiger partial charge on any atom is -0.260 e. The van der Waals surface area contributed by atoms with E-state index in [1.807, 2.05) is 6.07 Å². The van der Waals surface area contributed by atoms with E-state index in [1.165, 1.54) is 10.6 Å². The number of halogens is 1. The summed E-state index contributed by atoms with van der Waals surface area (Å²) in [7, 11) is -3.37. The highest BCUT2D eigenvalue weighted by atomic mass is 35.5. The quantitative estimate of drug-likeness (QED) is 0.793. The molecule has 0 fully saturated rings. The monoisotopic (exact) mass is 311 g/mol. The van der Waals surface area contributed by atoms with E-state index in [0.717, 1.165) is 0 Å². The SMILES string of the molecule is CS(=O)(=O)N(Cc1ccccn1)Cc1cccnc1Cl. The van der Waals surface area contributed by atoms with Gasteiger partial charge in [-0.25, -0.2) is 13.4 Å². The molecule has 0 saturated heterocycles. The van der Waals surface area contributed by atoms with Crippen LogP contribution < -0.4 is 0 Å². The topological polar surface area (TPSA) is 63.2 Å². The summed E-state index contributed by atoms with van der Waals surface area (Å²) >= 11 is 5.97. The Morgan fingerprint density at radius 1 is 1.10 bits per heavy atom. The molecule has 0 saturated carbocycles. The second-order valence-electron chi connectivity index (χ2n) is 4.31. The summed E-state index contributed by atoms with van der Waals surface area (Å²) in [4.78, 5) is 8.09. The van der Waals surface area contributed by atoms with Gasteiger partial charge in [-0.15, -0.1) is 0 Å². The predicted molar refractivity (Wildman–Crippen MR) is 77.6 cm³/mol. The van der Waals surface area contributed by atoms with E-state index in [9.17, 15) is 8.42 Å². The molecule has 0 spiro atoms. The summed E-state index contributed by atoms with van der Waals surface area (Å²) in [5.41, 5.74) is 1.34. The van der Waals surface area contributed by atoms with Gasteiger partial charge in [-0.1, -0.05) is 23.7 Å². The van der Waals surface area contributed by atoms with Crippen molar-refractivity contribution in [2.45, 2.75) is 13.1 Å². The lowest BCUT2D eigenvalue weighted by molar-refractivity contribution is 0.400. The van der Waals surface area contributed by atoms with Gasteiger partial charge in [-0.3, -0.25) is 4.98 Å². The van der Waals surface area contributed by atoms with E-state index >= 15 is 0 Å². The average Bonchev–Trinajstić information content (AvgIpc) is 2.40. The van der Waals surface area contributed by atoms with Crippen LogP contribution in [0.5, 0.6) is 0 Å². The zero-order valence-electron chi connectivity index (χ0n) is 10.9. The maximum absolute atomic E-state index is 11.9. The molecule has 2 rings (SSSR count). The van der Waals surface area contributed by atoms with Crippen LogP contribution in [0.2, 0.25) is 5.15 Å². The van der Waals surface area contributed by atoms with Crippen LogP contribution in [0.1, 0.15) is 11.3 Å². The Balaban J connectivity index is 2.24. The zero-order valence-corrected chi connectivity index (χ0v) is 12.5. The number of nitrogens with zero attached hydrogens (tertiary/aromatic N) is 3. The van der Waals surface area contributed by atoms with Crippen molar-refractivity contribution < 1.29 is 8.42 Å². The fourth-order valence-corrected chi connectivity index (χ4v) is 2.61. The first-order valence-electron chi connectivity index (χ1n) is 5.91. The Morgan fingerprint density at radius 2 is 1.85 bits per heavy atom. The van der Waals surface area contributed by atoms with Crippen molar-refractivity contribution in [1.82, 2.24) is 14.3 Å². The van der Waals surface area contributed by atoms with E-state index in [-0.39, 0.29) is 13.1 Å². The normalized spacial score (nSPS) is 11.8. The molecule has 0 bridgehead atoms. The number of hydrogen-bond donors (Lipinski definition) is 0. The fourth-order valence-electron chi connectivity index (χ4n) is 1.69. The van der Waals surface area contributed by atoms with E-state index in [1.54, 1.807) is 36.7 Å². The largest absolute Gasteiger partial charge is 0.260 e. The molecule has 0 aliphatic carbocycles. The van der Waals surface area contributed by atoms with Crippen molar-refractivity contribution in [2.75, 3.05) is 6.26 Å². The molecule has 2 aromatic rings. The number of aromatic nitrogens is 2. The third-order valence-corrected chi connectivity index (χ3v) is 4.25. The van der Waals surface area contributed by atoms with Gasteiger partial charge in [0.2, 0.25) is 10.0 Å². The minimum absolute atomic E-state index is 0.169. The van der Waals surface area contributed by atoms with Crippen LogP contribution in [-0.4, -0.2) is 28.9 Å². The lowest BCUT2D eigenvalue weighted by atomic mass is 10.3. The van der Waals surface area contributed by atoms with Crippen LogP contribution in [0.4, 0.5) is 0 Å². The summed E-state index contributed by atoms with van der Waals surface area (Å²) in [6, 6.07) is 8.86. The predicted octanol–water partition coefficient (Wildman–Crippen LogP) is 2.09. The Morgan fingerprint density at radius 3 is 2.45 bits per heavy atom. The van der Waals surface area contributed by atoms with E-state index in [2.05, 4.69) is 9.97 Å². The lowest BCUT2D eigenvalue weighted by Gasteiger charge is -2.19. The minimum atomic E-state index is -3.37. The van der Waals surface area contributed by atoms with Gasteiger partial charge in [0.05, 0.1) is 18.5 Å². The molecule has 5 nitrogen and oxygen atoms in total. The Kier molecular flexibility index (Phi) is 4.69. The highest BCUT2D eigenvalue weighted by molar-refractivity contribution is 7.88. The number of sulfonamides is 1. The second kappa shape index (κ2) is 6.30. The molecule has 20 heavy (non-hydrogen) atoms. The van der Waals surface area contributed by atoms with Gasteiger partial charge in [0, 0.05) is 24.5 Å². The Bertz CT molecular complexity index is 677. The lowest BCUT2D eigenvalue weighted by Crippen LogP contribution is -2.29. The van der Waals surface area contributed by atoms with Gasteiger partial charge in [0.15, 0.2) is 0 Å². The van der Waals surface area contributed by atoms with Crippen molar-refractivity contribution in [3.05, 3.63) is 59.1 Å². The third kappa shape index (κ3) is 4.00. The van der Waals surface area contributed by atoms with Crippen molar-refractivity contribution in [3.63, 3.8) is 0 Å². The zero-order chi connectivity index (χ0) is 14.6. The molecule has 0 atom stereocenters. The van der Waals surface area contributed by atoms with E-state index in [4.69, 9.17) is 11.6 Å². The summed E-state index contributed by atoms with van der Waals surface area (Å²) in [5.74, 6) is 0. The van der Waals surface area contributed by atoms with Crippen molar-refractivity contribution in [2.24, 2.45) is 0 Å². The maximum Gasteiger partial charge on any atom is 0.211 e. The van der Waals surface area contributed by atoms with Gasteiger partial charge >= 0.3 is 0 Å². The van der Waals surface area contributed by atoms with Crippen LogP contribution in [0.15, 0.2) is 42.7 Å². The molecule has 0 unspecified atom stereocenters. The molecule has 7 heteroatoms. The Labute approximate surface area is 123 Å². The summed E-state index contributed by atoms with van der Waals surface area (Å²) < 4.78 is 25.1.